The van der Waals surface area contributed by atoms with Crippen molar-refractivity contribution in [2.45, 2.75) is 19.3 Å². The molecule has 0 amide bonds. The highest BCUT2D eigenvalue weighted by Gasteiger charge is 2.35. The van der Waals surface area contributed by atoms with Gasteiger partial charge in [-0.1, -0.05) is 153 Å². The third-order valence-electron chi connectivity index (χ3n) is 11.7. The maximum atomic E-state index is 5.32. The summed E-state index contributed by atoms with van der Waals surface area (Å²) < 4.78 is 2.53. The SMILES string of the molecule is CC1(C)c2ccccc2-c2ccc(-c3ccc4ccc(-c5c(-c6nc(-c7ccccc7)cc(-c7ccccc7)n6)ccc6sc7ccccc7c56)cc4c3)cc21. The molecule has 0 radical (unpaired) electrons. The minimum absolute atomic E-state index is 0.0510. The first-order valence-electron chi connectivity index (χ1n) is 19.2. The molecule has 2 heterocycles. The van der Waals surface area contributed by atoms with Crippen molar-refractivity contribution in [2.75, 3.05) is 0 Å². The van der Waals surface area contributed by atoms with Gasteiger partial charge in [0.25, 0.3) is 0 Å². The Hall–Kier alpha value is -6.68. The fourth-order valence-corrected chi connectivity index (χ4v) is 9.96. The molecule has 264 valence electrons. The summed E-state index contributed by atoms with van der Waals surface area (Å²) in [5.41, 5.74) is 15.1. The molecule has 56 heavy (non-hydrogen) atoms. The van der Waals surface area contributed by atoms with Crippen LogP contribution in [0.4, 0.5) is 0 Å². The molecule has 0 fully saturated rings. The van der Waals surface area contributed by atoms with E-state index < -0.39 is 0 Å². The maximum absolute atomic E-state index is 5.32. The molecule has 0 saturated carbocycles. The molecule has 0 bridgehead atoms. The molecule has 0 spiro atoms. The molecule has 8 aromatic carbocycles. The second-order valence-corrected chi connectivity index (χ2v) is 16.4. The number of thiophene rings is 1. The zero-order valence-corrected chi connectivity index (χ0v) is 31.9. The molecule has 3 heteroatoms. The number of nitrogens with zero attached hydrogens (tertiary/aromatic N) is 2. The van der Waals surface area contributed by atoms with Crippen LogP contribution in [0.15, 0.2) is 182 Å². The number of aromatic nitrogens is 2. The first-order valence-corrected chi connectivity index (χ1v) is 20.0. The normalized spacial score (nSPS) is 13.0. The van der Waals surface area contributed by atoms with E-state index in [9.17, 15) is 0 Å². The van der Waals surface area contributed by atoms with Crippen molar-refractivity contribution in [3.8, 4) is 67.3 Å². The highest BCUT2D eigenvalue weighted by Crippen LogP contribution is 2.50. The van der Waals surface area contributed by atoms with Crippen LogP contribution in [0.5, 0.6) is 0 Å². The molecule has 1 aliphatic rings. The molecule has 2 aromatic heterocycles. The van der Waals surface area contributed by atoms with Crippen molar-refractivity contribution >= 4 is 42.3 Å². The zero-order chi connectivity index (χ0) is 37.4. The summed E-state index contributed by atoms with van der Waals surface area (Å²) in [6.45, 7) is 4.70. The van der Waals surface area contributed by atoms with Crippen LogP contribution in [0, 0.1) is 0 Å². The van der Waals surface area contributed by atoms with Gasteiger partial charge in [-0.05, 0) is 92.2 Å². The van der Waals surface area contributed by atoms with E-state index in [4.69, 9.17) is 9.97 Å². The van der Waals surface area contributed by atoms with Crippen LogP contribution in [-0.2, 0) is 5.41 Å². The van der Waals surface area contributed by atoms with Crippen molar-refractivity contribution in [3.63, 3.8) is 0 Å². The zero-order valence-electron chi connectivity index (χ0n) is 31.1. The summed E-state index contributed by atoms with van der Waals surface area (Å²) in [6.07, 6.45) is 0. The Bertz CT molecular complexity index is 3100. The minimum atomic E-state index is -0.0510. The van der Waals surface area contributed by atoms with Crippen LogP contribution in [0.3, 0.4) is 0 Å². The highest BCUT2D eigenvalue weighted by atomic mass is 32.1. The minimum Gasteiger partial charge on any atom is -0.228 e. The predicted molar refractivity (Wildman–Crippen MR) is 237 cm³/mol. The predicted octanol–water partition coefficient (Wildman–Crippen LogP) is 14.6. The highest BCUT2D eigenvalue weighted by molar-refractivity contribution is 7.26. The summed E-state index contributed by atoms with van der Waals surface area (Å²) in [5.74, 6) is 0.716. The van der Waals surface area contributed by atoms with Gasteiger partial charge >= 0.3 is 0 Å². The summed E-state index contributed by atoms with van der Waals surface area (Å²) in [4.78, 5) is 10.6. The molecular formula is C53H36N2S. The Kier molecular flexibility index (Phi) is 7.42. The van der Waals surface area contributed by atoms with Crippen molar-refractivity contribution < 1.29 is 0 Å². The second-order valence-electron chi connectivity index (χ2n) is 15.4. The van der Waals surface area contributed by atoms with Gasteiger partial charge in [0.1, 0.15) is 0 Å². The lowest BCUT2D eigenvalue weighted by Gasteiger charge is -2.22. The largest absolute Gasteiger partial charge is 0.228 e. The van der Waals surface area contributed by atoms with Crippen molar-refractivity contribution in [1.29, 1.82) is 0 Å². The smallest absolute Gasteiger partial charge is 0.161 e. The topological polar surface area (TPSA) is 25.8 Å². The summed E-state index contributed by atoms with van der Waals surface area (Å²) in [5, 5.41) is 4.91. The molecular weight excluding hydrogens is 697 g/mol. The van der Waals surface area contributed by atoms with Crippen LogP contribution in [-0.4, -0.2) is 9.97 Å². The van der Waals surface area contributed by atoms with E-state index in [0.29, 0.717) is 5.82 Å². The fourth-order valence-electron chi connectivity index (χ4n) is 8.85. The average Bonchev–Trinajstić information content (AvgIpc) is 3.75. The second kappa shape index (κ2) is 12.7. The number of benzene rings is 8. The van der Waals surface area contributed by atoms with Gasteiger partial charge in [0.15, 0.2) is 5.82 Å². The van der Waals surface area contributed by atoms with Gasteiger partial charge in [0.2, 0.25) is 0 Å². The lowest BCUT2D eigenvalue weighted by molar-refractivity contribution is 0.660. The first kappa shape index (κ1) is 32.7. The van der Waals surface area contributed by atoms with E-state index in [1.54, 1.807) is 0 Å². The lowest BCUT2D eigenvalue weighted by atomic mass is 9.81. The van der Waals surface area contributed by atoms with Crippen LogP contribution >= 0.6 is 11.3 Å². The Morgan fingerprint density at radius 3 is 1.77 bits per heavy atom. The quantitative estimate of drug-likeness (QED) is 0.176. The van der Waals surface area contributed by atoms with Gasteiger partial charge in [-0.15, -0.1) is 11.3 Å². The van der Waals surface area contributed by atoms with Crippen molar-refractivity contribution in [1.82, 2.24) is 9.97 Å². The summed E-state index contributed by atoms with van der Waals surface area (Å²) >= 11 is 1.84. The molecule has 11 rings (SSSR count). The van der Waals surface area contributed by atoms with Gasteiger partial charge in [-0.3, -0.25) is 0 Å². The van der Waals surface area contributed by atoms with Crippen LogP contribution < -0.4 is 0 Å². The summed E-state index contributed by atoms with van der Waals surface area (Å²) in [7, 11) is 0. The van der Waals surface area contributed by atoms with E-state index in [2.05, 4.69) is 184 Å². The molecule has 1 aliphatic carbocycles. The van der Waals surface area contributed by atoms with Crippen molar-refractivity contribution in [2.24, 2.45) is 0 Å². The van der Waals surface area contributed by atoms with E-state index in [1.165, 1.54) is 64.3 Å². The monoisotopic (exact) mass is 732 g/mol. The maximum Gasteiger partial charge on any atom is 0.161 e. The van der Waals surface area contributed by atoms with Crippen LogP contribution in [0.2, 0.25) is 0 Å². The molecule has 0 unspecified atom stereocenters. The number of hydrogen-bond acceptors (Lipinski definition) is 3. The number of hydrogen-bond donors (Lipinski definition) is 0. The Morgan fingerprint density at radius 2 is 1.00 bits per heavy atom. The van der Waals surface area contributed by atoms with E-state index >= 15 is 0 Å². The fraction of sp³-hybridized carbons (Fsp3) is 0.0566. The van der Waals surface area contributed by atoms with Crippen molar-refractivity contribution in [3.05, 3.63) is 193 Å². The van der Waals surface area contributed by atoms with E-state index in [0.717, 1.165) is 39.2 Å². The van der Waals surface area contributed by atoms with E-state index in [-0.39, 0.29) is 5.41 Å². The molecule has 10 aromatic rings. The molecule has 2 nitrogen and oxygen atoms in total. The molecule has 0 aliphatic heterocycles. The van der Waals surface area contributed by atoms with Gasteiger partial charge in [-0.25, -0.2) is 9.97 Å². The number of fused-ring (bicyclic) bond motifs is 7. The Labute approximate surface area is 330 Å². The third-order valence-corrected chi connectivity index (χ3v) is 12.8. The van der Waals surface area contributed by atoms with Gasteiger partial charge in [-0.2, -0.15) is 0 Å². The van der Waals surface area contributed by atoms with Crippen LogP contribution in [0.1, 0.15) is 25.0 Å². The van der Waals surface area contributed by atoms with Gasteiger partial charge in [0.05, 0.1) is 11.4 Å². The average molecular weight is 733 g/mol. The first-order chi connectivity index (χ1) is 27.5. The van der Waals surface area contributed by atoms with E-state index in [1.807, 2.05) is 23.5 Å². The summed E-state index contributed by atoms with van der Waals surface area (Å²) in [6, 6.07) is 65.9. The standard InChI is InChI=1S/C53H36N2S/c1-53(2)44-19-11-9-17-40(44)41-26-25-37(31-45(41)53)36-23-21-33-22-24-38(30-39(33)29-36)50-43(27-28-49-51(50)42-18-10-12-20-48(42)56-49)52-54-46(34-13-5-3-6-14-34)32-47(55-52)35-15-7-4-8-16-35/h3-32H,1-2H3. The number of rotatable bonds is 5. The Balaban J connectivity index is 1.12. The molecule has 0 saturated heterocycles. The van der Waals surface area contributed by atoms with Crippen LogP contribution in [0.25, 0.3) is 98.2 Å². The molecule has 0 atom stereocenters. The van der Waals surface area contributed by atoms with Gasteiger partial charge in [0, 0.05) is 47.8 Å². The molecule has 0 N–H and O–H groups in total. The van der Waals surface area contributed by atoms with Gasteiger partial charge < -0.3 is 0 Å². The Morgan fingerprint density at radius 1 is 0.411 bits per heavy atom. The lowest BCUT2D eigenvalue weighted by Crippen LogP contribution is -2.14. The third kappa shape index (κ3) is 5.23.